The van der Waals surface area contributed by atoms with Crippen molar-refractivity contribution in [2.45, 2.75) is 52.1 Å². The zero-order valence-corrected chi connectivity index (χ0v) is 9.67. The Bertz CT molecular complexity index is 149. The van der Waals surface area contributed by atoms with Crippen molar-refractivity contribution >= 4 is 0 Å². The van der Waals surface area contributed by atoms with Crippen molar-refractivity contribution in [1.82, 2.24) is 0 Å². The molecule has 0 spiro atoms. The van der Waals surface area contributed by atoms with Crippen LogP contribution in [0, 0.1) is 11.8 Å². The number of nitrogens with two attached hydrogens (primary N) is 1. The zero-order chi connectivity index (χ0) is 10.4. The minimum absolute atomic E-state index is 0.511. The van der Waals surface area contributed by atoms with Crippen LogP contribution >= 0.6 is 0 Å². The van der Waals surface area contributed by atoms with Gasteiger partial charge in [-0.05, 0) is 31.2 Å². The van der Waals surface area contributed by atoms with Crippen LogP contribution in [0.25, 0.3) is 0 Å². The summed E-state index contributed by atoms with van der Waals surface area (Å²) in [7, 11) is 0. The van der Waals surface area contributed by atoms with Crippen molar-refractivity contribution in [3.8, 4) is 0 Å². The molecule has 1 aliphatic rings. The molecule has 0 aliphatic heterocycles. The van der Waals surface area contributed by atoms with Crippen LogP contribution in [0.2, 0.25) is 0 Å². The van der Waals surface area contributed by atoms with Crippen molar-refractivity contribution in [1.29, 1.82) is 0 Å². The van der Waals surface area contributed by atoms with Crippen molar-refractivity contribution in [3.63, 3.8) is 0 Å². The molecule has 84 valence electrons. The molecule has 0 aromatic carbocycles. The van der Waals surface area contributed by atoms with Gasteiger partial charge >= 0.3 is 0 Å². The fourth-order valence-electron chi connectivity index (χ4n) is 2.13. The predicted molar refractivity (Wildman–Crippen MR) is 60.2 cm³/mol. The van der Waals surface area contributed by atoms with Gasteiger partial charge in [-0.2, -0.15) is 0 Å². The summed E-state index contributed by atoms with van der Waals surface area (Å²) < 4.78 is 5.89. The number of hydrogen-bond acceptors (Lipinski definition) is 2. The van der Waals surface area contributed by atoms with E-state index in [2.05, 4.69) is 13.8 Å². The molecule has 3 unspecified atom stereocenters. The summed E-state index contributed by atoms with van der Waals surface area (Å²) in [5, 5.41) is 0. The topological polar surface area (TPSA) is 35.2 Å². The van der Waals surface area contributed by atoms with Gasteiger partial charge in [-0.1, -0.05) is 33.1 Å². The molecule has 2 heteroatoms. The van der Waals surface area contributed by atoms with Crippen LogP contribution < -0.4 is 5.73 Å². The van der Waals surface area contributed by atoms with Crippen LogP contribution in [-0.2, 0) is 4.74 Å². The van der Waals surface area contributed by atoms with Crippen molar-refractivity contribution in [3.05, 3.63) is 0 Å². The smallest absolute Gasteiger partial charge is 0.0578 e. The molecule has 0 aromatic heterocycles. The first-order chi connectivity index (χ1) is 6.76. The first-order valence-electron chi connectivity index (χ1n) is 6.07. The van der Waals surface area contributed by atoms with Crippen LogP contribution in [0.4, 0.5) is 0 Å². The molecule has 0 bridgehead atoms. The molecule has 0 radical (unpaired) electrons. The van der Waals surface area contributed by atoms with E-state index < -0.39 is 0 Å². The Kier molecular flexibility index (Phi) is 5.49. The largest absolute Gasteiger partial charge is 0.378 e. The van der Waals surface area contributed by atoms with Gasteiger partial charge in [-0.15, -0.1) is 0 Å². The lowest BCUT2D eigenvalue weighted by atomic mass is 9.85. The third-order valence-electron chi connectivity index (χ3n) is 3.33. The monoisotopic (exact) mass is 199 g/mol. The van der Waals surface area contributed by atoms with Gasteiger partial charge in [0.1, 0.15) is 0 Å². The van der Waals surface area contributed by atoms with E-state index in [0.29, 0.717) is 12.0 Å². The highest BCUT2D eigenvalue weighted by Crippen LogP contribution is 2.28. The maximum absolute atomic E-state index is 5.89. The van der Waals surface area contributed by atoms with Gasteiger partial charge in [0, 0.05) is 0 Å². The molecule has 14 heavy (non-hydrogen) atoms. The van der Waals surface area contributed by atoms with Crippen LogP contribution in [-0.4, -0.2) is 19.3 Å². The summed E-state index contributed by atoms with van der Waals surface area (Å²) in [5.74, 6) is 1.42. The van der Waals surface area contributed by atoms with Crippen LogP contribution in [0.1, 0.15) is 46.0 Å². The highest BCUT2D eigenvalue weighted by Gasteiger charge is 2.21. The molecule has 0 saturated heterocycles. The van der Waals surface area contributed by atoms with Crippen molar-refractivity contribution < 1.29 is 4.74 Å². The van der Waals surface area contributed by atoms with Crippen LogP contribution in [0.15, 0.2) is 0 Å². The Morgan fingerprint density at radius 2 is 2.21 bits per heavy atom. The lowest BCUT2D eigenvalue weighted by Crippen LogP contribution is -2.26. The first-order valence-corrected chi connectivity index (χ1v) is 6.07. The summed E-state index contributed by atoms with van der Waals surface area (Å²) in [6.45, 7) is 6.03. The third-order valence-corrected chi connectivity index (χ3v) is 3.33. The molecular weight excluding hydrogens is 174 g/mol. The van der Waals surface area contributed by atoms with Crippen LogP contribution in [0.5, 0.6) is 0 Å². The standard InChI is InChI=1S/C12H25NO/c1-3-11-5-4-6-12(7-11)14-9-10(2)8-13/h10-12H,3-9,13H2,1-2H3. The fraction of sp³-hybridized carbons (Fsp3) is 1.00. The van der Waals surface area contributed by atoms with E-state index in [-0.39, 0.29) is 0 Å². The van der Waals surface area contributed by atoms with E-state index in [0.717, 1.165) is 19.1 Å². The second-order valence-corrected chi connectivity index (χ2v) is 4.74. The van der Waals surface area contributed by atoms with Crippen molar-refractivity contribution in [2.75, 3.05) is 13.2 Å². The molecule has 0 amide bonds. The van der Waals surface area contributed by atoms with Gasteiger partial charge in [-0.25, -0.2) is 0 Å². The molecular formula is C12H25NO. The lowest BCUT2D eigenvalue weighted by molar-refractivity contribution is -0.00178. The Hall–Kier alpha value is -0.0800. The minimum Gasteiger partial charge on any atom is -0.378 e. The third kappa shape index (κ3) is 3.97. The molecule has 1 rings (SSSR count). The maximum atomic E-state index is 5.89. The molecule has 0 aromatic rings. The predicted octanol–water partition coefficient (Wildman–Crippen LogP) is 2.57. The maximum Gasteiger partial charge on any atom is 0.0578 e. The Morgan fingerprint density at radius 3 is 2.86 bits per heavy atom. The number of ether oxygens (including phenoxy) is 1. The first kappa shape index (κ1) is 12.0. The zero-order valence-electron chi connectivity index (χ0n) is 9.67. The van der Waals surface area contributed by atoms with E-state index in [9.17, 15) is 0 Å². The van der Waals surface area contributed by atoms with E-state index in [1.165, 1.54) is 32.1 Å². The number of hydrogen-bond donors (Lipinski definition) is 1. The van der Waals surface area contributed by atoms with Gasteiger partial charge in [0.05, 0.1) is 12.7 Å². The molecule has 1 fully saturated rings. The summed E-state index contributed by atoms with van der Waals surface area (Å²) in [4.78, 5) is 0. The lowest BCUT2D eigenvalue weighted by Gasteiger charge is -2.29. The minimum atomic E-state index is 0.511. The van der Waals surface area contributed by atoms with Crippen LogP contribution in [0.3, 0.4) is 0 Å². The highest BCUT2D eigenvalue weighted by atomic mass is 16.5. The average Bonchev–Trinajstić information content (AvgIpc) is 2.26. The second-order valence-electron chi connectivity index (χ2n) is 4.74. The number of rotatable bonds is 5. The van der Waals surface area contributed by atoms with E-state index >= 15 is 0 Å². The molecule has 1 aliphatic carbocycles. The quantitative estimate of drug-likeness (QED) is 0.738. The Labute approximate surface area is 88.2 Å². The molecule has 0 heterocycles. The SMILES string of the molecule is CCC1CCCC(OCC(C)CN)C1. The average molecular weight is 199 g/mol. The summed E-state index contributed by atoms with van der Waals surface area (Å²) in [6.07, 6.45) is 7.11. The summed E-state index contributed by atoms with van der Waals surface area (Å²) in [6, 6.07) is 0. The van der Waals surface area contributed by atoms with Gasteiger partial charge in [0.15, 0.2) is 0 Å². The second kappa shape index (κ2) is 6.41. The highest BCUT2D eigenvalue weighted by molar-refractivity contribution is 4.72. The molecule has 2 nitrogen and oxygen atoms in total. The van der Waals surface area contributed by atoms with Gasteiger partial charge in [0.25, 0.3) is 0 Å². The van der Waals surface area contributed by atoms with Gasteiger partial charge in [0.2, 0.25) is 0 Å². The van der Waals surface area contributed by atoms with E-state index in [4.69, 9.17) is 10.5 Å². The van der Waals surface area contributed by atoms with Crippen molar-refractivity contribution in [2.24, 2.45) is 17.6 Å². The Balaban J connectivity index is 2.17. The fourth-order valence-corrected chi connectivity index (χ4v) is 2.13. The Morgan fingerprint density at radius 1 is 1.43 bits per heavy atom. The summed E-state index contributed by atoms with van der Waals surface area (Å²) >= 11 is 0. The molecule has 1 saturated carbocycles. The normalized spacial score (nSPS) is 30.2. The van der Waals surface area contributed by atoms with E-state index in [1.54, 1.807) is 0 Å². The molecule has 3 atom stereocenters. The van der Waals surface area contributed by atoms with E-state index in [1.807, 2.05) is 0 Å². The van der Waals surface area contributed by atoms with Gasteiger partial charge in [-0.3, -0.25) is 0 Å². The van der Waals surface area contributed by atoms with Gasteiger partial charge < -0.3 is 10.5 Å². The summed E-state index contributed by atoms with van der Waals surface area (Å²) in [5.41, 5.74) is 5.56. The molecule has 2 N–H and O–H groups in total.